The van der Waals surface area contributed by atoms with E-state index in [1.807, 2.05) is 6.07 Å². The maximum Gasteiger partial charge on any atom is 0.0689 e. The first-order valence-corrected chi connectivity index (χ1v) is 24.4. The minimum atomic E-state index is -0.183. The molecule has 0 saturated heterocycles. The number of para-hydroxylation sites is 2. The number of rotatable bonds is 4. The van der Waals surface area contributed by atoms with Gasteiger partial charge in [0.2, 0.25) is 0 Å². The highest BCUT2D eigenvalue weighted by atomic mass is 15.0. The highest BCUT2D eigenvalue weighted by Gasteiger charge is 2.52. The van der Waals surface area contributed by atoms with Gasteiger partial charge in [-0.1, -0.05) is 182 Å². The number of nitrogen functional groups attached to an aromatic ring is 1. The largest absolute Gasteiger partial charge is 0.399 e. The smallest absolute Gasteiger partial charge is 0.0689 e. The van der Waals surface area contributed by atoms with Crippen LogP contribution in [0.4, 0.5) is 5.69 Å². The molecule has 2 heterocycles. The zero-order chi connectivity index (χ0) is 46.3. The van der Waals surface area contributed by atoms with Crippen LogP contribution in [0, 0.1) is 0 Å². The highest BCUT2D eigenvalue weighted by molar-refractivity contribution is 6.12. The fourth-order valence-electron chi connectivity index (χ4n) is 12.3. The molecule has 3 aliphatic rings. The van der Waals surface area contributed by atoms with Gasteiger partial charge >= 0.3 is 0 Å². The molecular weight excluding hydrogens is 847 g/mol. The molecule has 3 nitrogen and oxygen atoms in total. The number of nitrogens with zero attached hydrogens (tertiary/aromatic N) is 2. The van der Waals surface area contributed by atoms with Gasteiger partial charge in [-0.3, -0.25) is 0 Å². The first-order chi connectivity index (χ1) is 34.6. The van der Waals surface area contributed by atoms with Crippen LogP contribution in [0.15, 0.2) is 254 Å². The second kappa shape index (κ2) is 15.8. The summed E-state index contributed by atoms with van der Waals surface area (Å²) >= 11 is 0. The number of fused-ring (bicyclic) bond motifs is 15. The fourth-order valence-corrected chi connectivity index (χ4v) is 12.3. The molecule has 70 heavy (non-hydrogen) atoms. The molecule has 2 aromatic heterocycles. The van der Waals surface area contributed by atoms with Crippen molar-refractivity contribution in [2.75, 3.05) is 5.73 Å². The van der Waals surface area contributed by atoms with E-state index >= 15 is 0 Å². The Hall–Kier alpha value is -8.92. The number of hydrogen-bond acceptors (Lipinski definition) is 1. The lowest BCUT2D eigenvalue weighted by molar-refractivity contribution is 0.714. The van der Waals surface area contributed by atoms with E-state index in [4.69, 9.17) is 5.73 Å². The van der Waals surface area contributed by atoms with Gasteiger partial charge in [0.1, 0.15) is 0 Å². The van der Waals surface area contributed by atoms with Crippen LogP contribution in [-0.2, 0) is 5.41 Å². The lowest BCUT2D eigenvalue weighted by Gasteiger charge is -2.33. The van der Waals surface area contributed by atoms with E-state index in [2.05, 4.69) is 252 Å². The predicted octanol–water partition coefficient (Wildman–Crippen LogP) is 16.9. The Kier molecular flexibility index (Phi) is 9.09. The third-order valence-corrected chi connectivity index (χ3v) is 15.2. The van der Waals surface area contributed by atoms with Gasteiger partial charge in [-0.25, -0.2) is 0 Å². The number of nitrogens with two attached hydrogens (primary N) is 1. The van der Waals surface area contributed by atoms with Crippen LogP contribution in [0.3, 0.4) is 0 Å². The molecule has 1 spiro atoms. The molecule has 0 saturated carbocycles. The van der Waals surface area contributed by atoms with Gasteiger partial charge in [-0.05, 0) is 146 Å². The van der Waals surface area contributed by atoms with Crippen molar-refractivity contribution in [2.24, 2.45) is 0 Å². The quantitative estimate of drug-likeness (QED) is 0.176. The van der Waals surface area contributed by atoms with Crippen LogP contribution in [0.5, 0.6) is 0 Å². The lowest BCUT2D eigenvalue weighted by atomic mass is 9.68. The standard InChI is InChI=1S/C42H28N2.C25H19N/c1-3-12-29(13-4-1)31-22-24-41-37(26-31)35-18-7-9-20-39(35)43(41)33-16-11-17-34(28-33)44-40-21-10-8-19-36(40)38-27-32(23-25-42(38)44)30-14-5-2-6-15-30;26-16-13-14-20-19-9-3-6-12-23(19)25(24(20)15-16)21-10-4-1-7-17(21)18-8-2-5-11-22(18)25/h1-28H;1-4,6-10,12-15H,5,11,26H2. The van der Waals surface area contributed by atoms with Crippen LogP contribution in [0.25, 0.3) is 93.9 Å². The summed E-state index contributed by atoms with van der Waals surface area (Å²) in [5, 5.41) is 5.04. The molecule has 12 aromatic rings. The molecule has 2 N–H and O–H groups in total. The maximum atomic E-state index is 6.27. The van der Waals surface area contributed by atoms with Crippen molar-refractivity contribution in [3.8, 4) is 44.8 Å². The summed E-state index contributed by atoms with van der Waals surface area (Å²) in [6.07, 6.45) is 6.85. The van der Waals surface area contributed by atoms with Crippen molar-refractivity contribution < 1.29 is 0 Å². The van der Waals surface area contributed by atoms with Crippen molar-refractivity contribution in [3.63, 3.8) is 0 Å². The average Bonchev–Trinajstić information content (AvgIpc) is 4.14. The van der Waals surface area contributed by atoms with Crippen molar-refractivity contribution in [3.05, 3.63) is 277 Å². The van der Waals surface area contributed by atoms with E-state index in [1.54, 1.807) is 0 Å². The number of aromatic nitrogens is 2. The van der Waals surface area contributed by atoms with Crippen molar-refractivity contribution in [1.29, 1.82) is 0 Å². The van der Waals surface area contributed by atoms with Gasteiger partial charge in [0.25, 0.3) is 0 Å². The molecule has 0 radical (unpaired) electrons. The molecule has 1 atom stereocenters. The monoisotopic (exact) mass is 893 g/mol. The summed E-state index contributed by atoms with van der Waals surface area (Å²) in [5.41, 5.74) is 30.2. The third kappa shape index (κ3) is 5.95. The van der Waals surface area contributed by atoms with Crippen molar-refractivity contribution in [1.82, 2.24) is 9.13 Å². The second-order valence-electron chi connectivity index (χ2n) is 18.9. The topological polar surface area (TPSA) is 35.9 Å². The number of benzene rings is 10. The first-order valence-electron chi connectivity index (χ1n) is 24.4. The van der Waals surface area contributed by atoms with Gasteiger partial charge in [-0.15, -0.1) is 0 Å². The Morgan fingerprint density at radius 3 is 1.47 bits per heavy atom. The summed E-state index contributed by atoms with van der Waals surface area (Å²) in [4.78, 5) is 0. The van der Waals surface area contributed by atoms with Crippen LogP contribution in [-0.4, -0.2) is 9.13 Å². The molecule has 0 fully saturated rings. The third-order valence-electron chi connectivity index (χ3n) is 15.2. The SMILES string of the molecule is Nc1ccc2c(c1)C1(C3=C(C=CCC3)c3ccccc31)c1ccccc1-2.c1ccc(-c2ccc3c(c2)c2ccccc2n3-c2cccc(-n3c4ccccc4c4cc(-c5ccccc5)ccc43)c2)cc1. The lowest BCUT2D eigenvalue weighted by Crippen LogP contribution is -2.27. The van der Waals surface area contributed by atoms with Gasteiger partial charge in [0.15, 0.2) is 0 Å². The van der Waals surface area contributed by atoms with E-state index in [-0.39, 0.29) is 5.41 Å². The van der Waals surface area contributed by atoms with E-state index in [1.165, 1.54) is 110 Å². The van der Waals surface area contributed by atoms with E-state index in [0.717, 1.165) is 29.9 Å². The maximum absolute atomic E-state index is 6.27. The molecule has 10 aromatic carbocycles. The predicted molar refractivity (Wildman–Crippen MR) is 294 cm³/mol. The second-order valence-corrected chi connectivity index (χ2v) is 18.9. The van der Waals surface area contributed by atoms with Gasteiger partial charge in [0.05, 0.1) is 27.5 Å². The summed E-state index contributed by atoms with van der Waals surface area (Å²) in [5.74, 6) is 0. The Labute approximate surface area is 407 Å². The van der Waals surface area contributed by atoms with Crippen LogP contribution in [0.1, 0.15) is 35.1 Å². The Bertz CT molecular complexity index is 3960. The molecule has 15 rings (SSSR count). The molecule has 1 unspecified atom stereocenters. The minimum absolute atomic E-state index is 0.183. The Morgan fingerprint density at radius 1 is 0.357 bits per heavy atom. The molecule has 330 valence electrons. The van der Waals surface area contributed by atoms with Crippen LogP contribution >= 0.6 is 0 Å². The molecule has 3 aliphatic carbocycles. The van der Waals surface area contributed by atoms with Crippen LogP contribution in [0.2, 0.25) is 0 Å². The van der Waals surface area contributed by atoms with Gasteiger partial charge < -0.3 is 14.9 Å². The van der Waals surface area contributed by atoms with Gasteiger partial charge in [-0.2, -0.15) is 0 Å². The average molecular weight is 894 g/mol. The minimum Gasteiger partial charge on any atom is -0.399 e. The number of hydrogen-bond donors (Lipinski definition) is 1. The summed E-state index contributed by atoms with van der Waals surface area (Å²) in [6.45, 7) is 0. The molecule has 3 heteroatoms. The summed E-state index contributed by atoms with van der Waals surface area (Å²) < 4.78 is 4.81. The zero-order valence-electron chi connectivity index (χ0n) is 38.6. The normalized spacial score (nSPS) is 15.3. The highest BCUT2D eigenvalue weighted by Crippen LogP contribution is 2.63. The Balaban J connectivity index is 0.000000150. The van der Waals surface area contributed by atoms with Crippen LogP contribution < -0.4 is 5.73 Å². The Morgan fingerprint density at radius 2 is 0.857 bits per heavy atom. The number of allylic oxidation sites excluding steroid dienone is 4. The first kappa shape index (κ1) is 40.2. The molecule has 0 bridgehead atoms. The summed E-state index contributed by atoms with van der Waals surface area (Å²) in [7, 11) is 0. The molecule has 0 aliphatic heterocycles. The van der Waals surface area contributed by atoms with Crippen molar-refractivity contribution in [2.45, 2.75) is 18.3 Å². The molecular formula is C67H47N3. The van der Waals surface area contributed by atoms with Crippen molar-refractivity contribution >= 4 is 54.9 Å². The summed E-state index contributed by atoms with van der Waals surface area (Å²) in [6, 6.07) is 85.7. The van der Waals surface area contributed by atoms with Gasteiger partial charge in [0, 0.05) is 38.6 Å². The number of anilines is 1. The molecule has 0 amide bonds. The fraction of sp³-hybridized carbons (Fsp3) is 0.0448. The van der Waals surface area contributed by atoms with E-state index in [9.17, 15) is 0 Å². The van der Waals surface area contributed by atoms with E-state index < -0.39 is 0 Å². The zero-order valence-corrected chi connectivity index (χ0v) is 38.6. The van der Waals surface area contributed by atoms with E-state index in [0.29, 0.717) is 0 Å².